The molecule has 41 heavy (non-hydrogen) atoms. The first-order chi connectivity index (χ1) is 19.6. The molecule has 1 N–H and O–H groups in total. The number of benzene rings is 1. The summed E-state index contributed by atoms with van der Waals surface area (Å²) in [5.74, 6) is 1.79. The maximum Gasteiger partial charge on any atom is 0.243 e. The van der Waals surface area contributed by atoms with Crippen molar-refractivity contribution in [3.05, 3.63) is 41.3 Å². The standard InChI is InChI=1S/C30H48N6O4S/c1-7-8-10-30(34(4)5)11-15-35(16-12-30)17-14-31-20-27-32-13-9-28(33-27)40-26-21-36(22-26)41(37,38)29-23(2)18-25(39-6)19-24(29)3/h9,13,18-19,26,31H,7-8,10-12,14-17,20-22H2,1-6H3. The van der Waals surface area contributed by atoms with Crippen LogP contribution in [0.25, 0.3) is 0 Å². The Balaban J connectivity index is 1.21. The summed E-state index contributed by atoms with van der Waals surface area (Å²) in [4.78, 5) is 14.3. The number of nitrogens with one attached hydrogen (secondary N) is 1. The Hall–Kier alpha value is -2.31. The van der Waals surface area contributed by atoms with Crippen LogP contribution >= 0.6 is 0 Å². The number of hydrogen-bond donors (Lipinski definition) is 1. The van der Waals surface area contributed by atoms with Crippen molar-refractivity contribution in [2.75, 3.05) is 60.5 Å². The van der Waals surface area contributed by atoms with Gasteiger partial charge in [-0.15, -0.1) is 0 Å². The predicted octanol–water partition coefficient (Wildman–Crippen LogP) is 3.23. The Bertz CT molecular complexity index is 1230. The Morgan fingerprint density at radius 2 is 1.83 bits per heavy atom. The van der Waals surface area contributed by atoms with Crippen LogP contribution in [0.4, 0.5) is 0 Å². The second kappa shape index (κ2) is 13.8. The molecule has 2 aliphatic heterocycles. The number of methoxy groups -OCH3 is 1. The van der Waals surface area contributed by atoms with E-state index in [9.17, 15) is 8.42 Å². The van der Waals surface area contributed by atoms with E-state index in [0.717, 1.165) is 26.2 Å². The van der Waals surface area contributed by atoms with E-state index in [4.69, 9.17) is 9.47 Å². The van der Waals surface area contributed by atoms with Crippen LogP contribution in [0.1, 0.15) is 56.0 Å². The molecule has 1 aromatic heterocycles. The van der Waals surface area contributed by atoms with Crippen molar-refractivity contribution in [3.63, 3.8) is 0 Å². The monoisotopic (exact) mass is 588 g/mol. The molecule has 0 aliphatic carbocycles. The van der Waals surface area contributed by atoms with Crippen LogP contribution in [-0.2, 0) is 16.6 Å². The molecule has 0 bridgehead atoms. The smallest absolute Gasteiger partial charge is 0.243 e. The molecule has 2 aromatic rings. The zero-order valence-electron chi connectivity index (χ0n) is 25.6. The average molecular weight is 589 g/mol. The first-order valence-corrected chi connectivity index (χ1v) is 16.3. The molecular formula is C30H48N6O4S. The number of ether oxygens (including phenoxy) is 2. The van der Waals surface area contributed by atoms with Crippen LogP contribution in [-0.4, -0.2) is 105 Å². The molecule has 2 saturated heterocycles. The lowest BCUT2D eigenvalue weighted by molar-refractivity contribution is 0.0477. The molecule has 1 aromatic carbocycles. The Labute approximate surface area is 246 Å². The lowest BCUT2D eigenvalue weighted by atomic mass is 9.82. The highest BCUT2D eigenvalue weighted by atomic mass is 32.2. The number of unbranched alkanes of at least 4 members (excludes halogenated alkanes) is 1. The van der Waals surface area contributed by atoms with Crippen LogP contribution < -0.4 is 14.8 Å². The van der Waals surface area contributed by atoms with E-state index in [-0.39, 0.29) is 19.2 Å². The second-order valence-corrected chi connectivity index (χ2v) is 13.6. The molecular weight excluding hydrogens is 540 g/mol. The molecule has 228 valence electrons. The van der Waals surface area contributed by atoms with E-state index in [2.05, 4.69) is 46.1 Å². The summed E-state index contributed by atoms with van der Waals surface area (Å²) in [5.41, 5.74) is 1.70. The van der Waals surface area contributed by atoms with Gasteiger partial charge in [-0.3, -0.25) is 0 Å². The fourth-order valence-corrected chi connectivity index (χ4v) is 7.91. The van der Waals surface area contributed by atoms with Gasteiger partial charge in [0.25, 0.3) is 0 Å². The fourth-order valence-electron chi connectivity index (χ4n) is 5.99. The van der Waals surface area contributed by atoms with Gasteiger partial charge in [0.1, 0.15) is 17.7 Å². The minimum Gasteiger partial charge on any atom is -0.497 e. The minimum absolute atomic E-state index is 0.245. The van der Waals surface area contributed by atoms with Gasteiger partial charge >= 0.3 is 0 Å². The summed E-state index contributed by atoms with van der Waals surface area (Å²) in [6.45, 7) is 11.1. The molecule has 3 heterocycles. The van der Waals surface area contributed by atoms with E-state index in [1.807, 2.05) is 0 Å². The third kappa shape index (κ3) is 7.56. The molecule has 0 spiro atoms. The van der Waals surface area contributed by atoms with Crippen molar-refractivity contribution in [1.82, 2.24) is 29.4 Å². The third-order valence-corrected chi connectivity index (χ3v) is 10.8. The highest BCUT2D eigenvalue weighted by Gasteiger charge is 2.40. The van der Waals surface area contributed by atoms with Crippen molar-refractivity contribution in [1.29, 1.82) is 0 Å². The Kier molecular flexibility index (Phi) is 10.6. The molecule has 0 unspecified atom stereocenters. The highest BCUT2D eigenvalue weighted by molar-refractivity contribution is 7.89. The molecule has 4 rings (SSSR count). The number of rotatable bonds is 14. The normalized spacial score (nSPS) is 18.4. The molecule has 2 fully saturated rings. The lowest BCUT2D eigenvalue weighted by Crippen LogP contribution is -2.56. The van der Waals surface area contributed by atoms with Gasteiger partial charge in [0.15, 0.2) is 0 Å². The lowest BCUT2D eigenvalue weighted by Gasteiger charge is -2.46. The van der Waals surface area contributed by atoms with E-state index < -0.39 is 10.0 Å². The quantitative estimate of drug-likeness (QED) is 0.334. The molecule has 10 nitrogen and oxygen atoms in total. The first kappa shape index (κ1) is 31.6. The van der Waals surface area contributed by atoms with Crippen LogP contribution in [0.15, 0.2) is 29.3 Å². The maximum atomic E-state index is 13.3. The van der Waals surface area contributed by atoms with Crippen LogP contribution in [0.2, 0.25) is 0 Å². The third-order valence-electron chi connectivity index (χ3n) is 8.67. The van der Waals surface area contributed by atoms with Gasteiger partial charge in [-0.1, -0.05) is 19.8 Å². The predicted molar refractivity (Wildman–Crippen MR) is 161 cm³/mol. The molecule has 11 heteroatoms. The fraction of sp³-hybridized carbons (Fsp3) is 0.667. The van der Waals surface area contributed by atoms with Gasteiger partial charge in [-0.05, 0) is 83.6 Å². The summed E-state index contributed by atoms with van der Waals surface area (Å²) >= 11 is 0. The number of likely N-dealkylation sites (tertiary alicyclic amines) is 1. The number of aryl methyl sites for hydroxylation is 2. The van der Waals surface area contributed by atoms with Crippen molar-refractivity contribution < 1.29 is 17.9 Å². The van der Waals surface area contributed by atoms with Crippen molar-refractivity contribution in [2.24, 2.45) is 0 Å². The number of hydrogen-bond acceptors (Lipinski definition) is 9. The molecule has 2 aliphatic rings. The molecule has 0 atom stereocenters. The summed E-state index contributed by atoms with van der Waals surface area (Å²) in [7, 11) is 2.43. The second-order valence-electron chi connectivity index (χ2n) is 11.7. The number of piperidine rings is 1. The Morgan fingerprint density at radius 1 is 1.15 bits per heavy atom. The van der Waals surface area contributed by atoms with Gasteiger partial charge in [0.2, 0.25) is 15.9 Å². The highest BCUT2D eigenvalue weighted by Crippen LogP contribution is 2.33. The number of sulfonamides is 1. The number of nitrogens with zero attached hydrogens (tertiary/aromatic N) is 5. The van der Waals surface area contributed by atoms with Crippen molar-refractivity contribution in [3.8, 4) is 11.6 Å². The molecule has 0 amide bonds. The van der Waals surface area contributed by atoms with Gasteiger partial charge in [-0.25, -0.2) is 13.4 Å². The maximum absolute atomic E-state index is 13.3. The van der Waals surface area contributed by atoms with E-state index in [1.165, 1.54) is 36.4 Å². The van der Waals surface area contributed by atoms with Gasteiger partial charge in [-0.2, -0.15) is 9.29 Å². The topological polar surface area (TPSA) is 100 Å². The van der Waals surface area contributed by atoms with Crippen LogP contribution in [0.3, 0.4) is 0 Å². The van der Waals surface area contributed by atoms with Gasteiger partial charge in [0, 0.05) is 30.9 Å². The summed E-state index contributed by atoms with van der Waals surface area (Å²) in [6, 6.07) is 5.23. The Morgan fingerprint density at radius 3 is 2.44 bits per heavy atom. The largest absolute Gasteiger partial charge is 0.497 e. The summed E-state index contributed by atoms with van der Waals surface area (Å²) in [5, 5.41) is 3.47. The average Bonchev–Trinajstić information content (AvgIpc) is 2.91. The molecule has 0 saturated carbocycles. The zero-order chi connectivity index (χ0) is 29.6. The molecule has 0 radical (unpaired) electrons. The van der Waals surface area contributed by atoms with E-state index in [0.29, 0.717) is 45.6 Å². The van der Waals surface area contributed by atoms with Crippen molar-refractivity contribution >= 4 is 10.0 Å². The van der Waals surface area contributed by atoms with Crippen LogP contribution in [0, 0.1) is 13.8 Å². The van der Waals surface area contributed by atoms with Gasteiger partial charge < -0.3 is 24.6 Å². The summed E-state index contributed by atoms with van der Waals surface area (Å²) in [6.07, 6.45) is 7.73. The van der Waals surface area contributed by atoms with E-state index in [1.54, 1.807) is 45.4 Å². The van der Waals surface area contributed by atoms with E-state index >= 15 is 0 Å². The van der Waals surface area contributed by atoms with Crippen molar-refractivity contribution in [2.45, 2.75) is 76.0 Å². The zero-order valence-corrected chi connectivity index (χ0v) is 26.5. The van der Waals surface area contributed by atoms with Gasteiger partial charge in [0.05, 0.1) is 31.6 Å². The minimum atomic E-state index is -3.61. The first-order valence-electron chi connectivity index (χ1n) is 14.8. The SMILES string of the molecule is CCCCC1(N(C)C)CCN(CCNCc2nccc(OC3CN(S(=O)(=O)c4c(C)cc(OC)cc4C)C3)n2)CC1. The summed E-state index contributed by atoms with van der Waals surface area (Å²) < 4.78 is 39.3. The van der Waals surface area contributed by atoms with Crippen LogP contribution in [0.5, 0.6) is 11.6 Å². The number of aromatic nitrogens is 2.